The Labute approximate surface area is 142 Å². The largest absolute Gasteiger partial charge is 0.492 e. The average molecular weight is 349 g/mol. The lowest BCUT2D eigenvalue weighted by Crippen LogP contribution is -2.56. The van der Waals surface area contributed by atoms with E-state index in [1.165, 1.54) is 0 Å². The molecule has 1 aliphatic heterocycles. The molecule has 1 fully saturated rings. The second-order valence-corrected chi connectivity index (χ2v) is 5.51. The molecular formula is C15H22Cl2N2O3. The maximum atomic E-state index is 12.3. The molecule has 124 valence electrons. The van der Waals surface area contributed by atoms with E-state index in [0.717, 1.165) is 0 Å². The number of ether oxygens (including phenoxy) is 2. The molecule has 0 aliphatic carbocycles. The smallest absolute Gasteiger partial charge is 0.242 e. The molecule has 0 bridgehead atoms. The lowest BCUT2D eigenvalue weighted by molar-refractivity contribution is -0.138. The van der Waals surface area contributed by atoms with E-state index in [-0.39, 0.29) is 30.5 Å². The molecule has 1 aromatic carbocycles. The molecule has 1 aliphatic rings. The number of benzene rings is 1. The normalized spacial score (nSPS) is 20.9. The summed E-state index contributed by atoms with van der Waals surface area (Å²) in [6.45, 7) is 4.19. The molecule has 1 amide bonds. The van der Waals surface area contributed by atoms with Gasteiger partial charge in [-0.15, -0.1) is 12.4 Å². The Morgan fingerprint density at radius 3 is 3.00 bits per heavy atom. The molecule has 2 rings (SSSR count). The van der Waals surface area contributed by atoms with Gasteiger partial charge in [0.25, 0.3) is 0 Å². The lowest BCUT2D eigenvalue weighted by Gasteiger charge is -2.32. The Morgan fingerprint density at radius 2 is 2.32 bits per heavy atom. The topological polar surface area (TPSA) is 50.8 Å². The fourth-order valence-corrected chi connectivity index (χ4v) is 2.39. The molecule has 0 radical (unpaired) electrons. The predicted molar refractivity (Wildman–Crippen MR) is 89.0 cm³/mol. The number of nitrogens with one attached hydrogen (secondary N) is 1. The van der Waals surface area contributed by atoms with Crippen LogP contribution in [0.3, 0.4) is 0 Å². The van der Waals surface area contributed by atoms with Gasteiger partial charge in [-0.1, -0.05) is 17.7 Å². The third-order valence-corrected chi connectivity index (χ3v) is 3.69. The SMILES string of the molecule is C[C@H]1OCCN[C@@H]1C(=O)N(C)CCOc1cccc(Cl)c1.Cl. The molecule has 1 aromatic rings. The first kappa shape index (κ1) is 19.0. The molecule has 1 saturated heterocycles. The van der Waals surface area contributed by atoms with Gasteiger partial charge in [0, 0.05) is 18.6 Å². The molecule has 0 unspecified atom stereocenters. The zero-order valence-corrected chi connectivity index (χ0v) is 14.3. The second-order valence-electron chi connectivity index (χ2n) is 5.07. The molecular weight excluding hydrogens is 327 g/mol. The van der Waals surface area contributed by atoms with Gasteiger partial charge in [-0.3, -0.25) is 4.79 Å². The highest BCUT2D eigenvalue weighted by Gasteiger charge is 2.30. The van der Waals surface area contributed by atoms with Crippen LogP contribution in [0.1, 0.15) is 6.92 Å². The summed E-state index contributed by atoms with van der Waals surface area (Å²) >= 11 is 5.89. The molecule has 22 heavy (non-hydrogen) atoms. The number of halogens is 2. The minimum absolute atomic E-state index is 0. The van der Waals surface area contributed by atoms with Crippen molar-refractivity contribution in [3.63, 3.8) is 0 Å². The highest BCUT2D eigenvalue weighted by Crippen LogP contribution is 2.17. The van der Waals surface area contributed by atoms with Crippen LogP contribution in [0.4, 0.5) is 0 Å². The van der Waals surface area contributed by atoms with Gasteiger partial charge >= 0.3 is 0 Å². The Balaban J connectivity index is 0.00000242. The van der Waals surface area contributed by atoms with E-state index < -0.39 is 0 Å². The van der Waals surface area contributed by atoms with Crippen LogP contribution in [-0.2, 0) is 9.53 Å². The molecule has 0 spiro atoms. The monoisotopic (exact) mass is 348 g/mol. The Morgan fingerprint density at radius 1 is 1.55 bits per heavy atom. The average Bonchev–Trinajstić information content (AvgIpc) is 2.47. The number of amides is 1. The molecule has 0 saturated carbocycles. The van der Waals surface area contributed by atoms with Crippen LogP contribution in [0, 0.1) is 0 Å². The van der Waals surface area contributed by atoms with Crippen molar-refractivity contribution in [1.82, 2.24) is 10.2 Å². The van der Waals surface area contributed by atoms with E-state index in [2.05, 4.69) is 5.32 Å². The van der Waals surface area contributed by atoms with E-state index in [9.17, 15) is 4.79 Å². The van der Waals surface area contributed by atoms with E-state index in [1.54, 1.807) is 24.1 Å². The van der Waals surface area contributed by atoms with Gasteiger partial charge in [0.2, 0.25) is 5.91 Å². The van der Waals surface area contributed by atoms with E-state index in [1.807, 2.05) is 19.1 Å². The quantitative estimate of drug-likeness (QED) is 0.883. The first-order chi connectivity index (χ1) is 10.1. The van der Waals surface area contributed by atoms with Crippen molar-refractivity contribution in [3.05, 3.63) is 29.3 Å². The Hall–Kier alpha value is -1.01. The Bertz CT molecular complexity index is 488. The minimum Gasteiger partial charge on any atom is -0.492 e. The number of carbonyl (C=O) groups excluding carboxylic acids is 1. The summed E-state index contributed by atoms with van der Waals surface area (Å²) in [5, 5.41) is 3.82. The zero-order valence-electron chi connectivity index (χ0n) is 12.8. The van der Waals surface area contributed by atoms with Crippen LogP contribution in [0.25, 0.3) is 0 Å². The van der Waals surface area contributed by atoms with Gasteiger partial charge in [-0.25, -0.2) is 0 Å². The van der Waals surface area contributed by atoms with Gasteiger partial charge in [0.15, 0.2) is 0 Å². The summed E-state index contributed by atoms with van der Waals surface area (Å²) in [6.07, 6.45) is -0.109. The predicted octanol–water partition coefficient (Wildman–Crippen LogP) is 1.98. The fourth-order valence-electron chi connectivity index (χ4n) is 2.21. The maximum Gasteiger partial charge on any atom is 0.242 e. The number of carbonyl (C=O) groups is 1. The molecule has 5 nitrogen and oxygen atoms in total. The molecule has 7 heteroatoms. The van der Waals surface area contributed by atoms with Crippen LogP contribution in [-0.4, -0.2) is 56.3 Å². The summed E-state index contributed by atoms with van der Waals surface area (Å²) in [5.41, 5.74) is 0. The van der Waals surface area contributed by atoms with Crippen molar-refractivity contribution < 1.29 is 14.3 Å². The van der Waals surface area contributed by atoms with E-state index in [0.29, 0.717) is 37.1 Å². The van der Waals surface area contributed by atoms with E-state index >= 15 is 0 Å². The highest BCUT2D eigenvalue weighted by atomic mass is 35.5. The number of likely N-dealkylation sites (N-methyl/N-ethyl adjacent to an activating group) is 1. The van der Waals surface area contributed by atoms with Crippen molar-refractivity contribution in [2.75, 3.05) is 33.4 Å². The molecule has 2 atom stereocenters. The number of hydrogen-bond donors (Lipinski definition) is 1. The summed E-state index contributed by atoms with van der Waals surface area (Å²) in [4.78, 5) is 14.0. The third-order valence-electron chi connectivity index (χ3n) is 3.45. The van der Waals surface area contributed by atoms with Crippen molar-refractivity contribution >= 4 is 29.9 Å². The summed E-state index contributed by atoms with van der Waals surface area (Å²) < 4.78 is 11.1. The van der Waals surface area contributed by atoms with Crippen molar-refractivity contribution in [2.24, 2.45) is 0 Å². The first-order valence-electron chi connectivity index (χ1n) is 7.06. The van der Waals surface area contributed by atoms with Crippen LogP contribution < -0.4 is 10.1 Å². The van der Waals surface area contributed by atoms with Gasteiger partial charge in [0.05, 0.1) is 19.3 Å². The highest BCUT2D eigenvalue weighted by molar-refractivity contribution is 6.30. The van der Waals surface area contributed by atoms with Gasteiger partial charge in [-0.05, 0) is 25.1 Å². The summed E-state index contributed by atoms with van der Waals surface area (Å²) in [7, 11) is 1.77. The zero-order chi connectivity index (χ0) is 15.2. The first-order valence-corrected chi connectivity index (χ1v) is 7.44. The lowest BCUT2D eigenvalue weighted by atomic mass is 10.1. The van der Waals surface area contributed by atoms with Crippen LogP contribution in [0.15, 0.2) is 24.3 Å². The van der Waals surface area contributed by atoms with Gasteiger partial charge in [-0.2, -0.15) is 0 Å². The third kappa shape index (κ3) is 5.32. The molecule has 1 heterocycles. The number of morpholine rings is 1. The van der Waals surface area contributed by atoms with Crippen LogP contribution in [0.2, 0.25) is 5.02 Å². The minimum atomic E-state index is -0.282. The Kier molecular flexibility index (Phi) is 7.96. The molecule has 0 aromatic heterocycles. The van der Waals surface area contributed by atoms with Crippen LogP contribution in [0.5, 0.6) is 5.75 Å². The number of hydrogen-bond acceptors (Lipinski definition) is 4. The van der Waals surface area contributed by atoms with E-state index in [4.69, 9.17) is 21.1 Å². The summed E-state index contributed by atoms with van der Waals surface area (Å²) in [5.74, 6) is 0.729. The summed E-state index contributed by atoms with van der Waals surface area (Å²) in [6, 6.07) is 6.93. The van der Waals surface area contributed by atoms with Gasteiger partial charge < -0.3 is 19.7 Å². The maximum absolute atomic E-state index is 12.3. The second kappa shape index (κ2) is 9.20. The standard InChI is InChI=1S/C15H21ClN2O3.ClH/c1-11-14(17-6-8-20-11)15(19)18(2)7-9-21-13-5-3-4-12(16)10-13;/h3-5,10-11,14,17H,6-9H2,1-2H3;1H/t11-,14+;/m1./s1. The van der Waals surface area contributed by atoms with Crippen molar-refractivity contribution in [1.29, 1.82) is 0 Å². The fraction of sp³-hybridized carbons (Fsp3) is 0.533. The van der Waals surface area contributed by atoms with Crippen molar-refractivity contribution in [3.8, 4) is 5.75 Å². The van der Waals surface area contributed by atoms with Gasteiger partial charge in [0.1, 0.15) is 18.4 Å². The van der Waals surface area contributed by atoms with Crippen molar-refractivity contribution in [2.45, 2.75) is 19.1 Å². The number of rotatable bonds is 5. The molecule has 1 N–H and O–H groups in total. The number of nitrogens with zero attached hydrogens (tertiary/aromatic N) is 1. The van der Waals surface area contributed by atoms with Crippen LogP contribution >= 0.6 is 24.0 Å².